The van der Waals surface area contributed by atoms with Gasteiger partial charge in [0.1, 0.15) is 18.4 Å². The largest absolute Gasteiger partial charge is 0.518 e. The molecule has 7 atom stereocenters. The summed E-state index contributed by atoms with van der Waals surface area (Å²) in [6, 6.07) is 5.06. The number of phenols is 1. The van der Waals surface area contributed by atoms with Gasteiger partial charge in [0, 0.05) is 53.6 Å². The highest BCUT2D eigenvalue weighted by molar-refractivity contribution is 7.99. The van der Waals surface area contributed by atoms with Crippen LogP contribution in [0.4, 0.5) is 4.79 Å². The number of esters is 2. The number of carbonyl (C=O) groups excluding carboxylic acids is 3. The number of ether oxygens (including phenoxy) is 8. The van der Waals surface area contributed by atoms with Crippen molar-refractivity contribution in [3.63, 3.8) is 0 Å². The van der Waals surface area contributed by atoms with Crippen molar-refractivity contribution in [1.29, 1.82) is 5.26 Å². The van der Waals surface area contributed by atoms with Gasteiger partial charge in [-0.1, -0.05) is 12.6 Å². The van der Waals surface area contributed by atoms with Gasteiger partial charge in [-0.15, -0.1) is 11.8 Å². The Labute approximate surface area is 350 Å². The van der Waals surface area contributed by atoms with Crippen molar-refractivity contribution >= 4 is 29.9 Å². The maximum atomic E-state index is 15.0. The van der Waals surface area contributed by atoms with E-state index in [2.05, 4.69) is 27.8 Å². The Kier molecular flexibility index (Phi) is 9.81. The number of piperazine rings is 1. The van der Waals surface area contributed by atoms with Crippen molar-refractivity contribution in [2.24, 2.45) is 0 Å². The van der Waals surface area contributed by atoms with Gasteiger partial charge in [-0.05, 0) is 68.1 Å². The number of aryl methyl sites for hydroxylation is 1. The van der Waals surface area contributed by atoms with E-state index in [-0.39, 0.29) is 42.4 Å². The lowest BCUT2D eigenvalue weighted by molar-refractivity contribution is -0.157. The third-order valence-corrected chi connectivity index (χ3v) is 14.3. The number of aromatic hydroxyl groups is 1. The first-order chi connectivity index (χ1) is 28.9. The Morgan fingerprint density at radius 1 is 1.05 bits per heavy atom. The molecule has 0 radical (unpaired) electrons. The standard InChI is InChI=1S/C43H44N4O12S/c1-8-54-42(51)59-29-13-22-9-10-45-43(24(22)14-28(29)52-6)17-60-40-32-31(39-38(56-18-57-39)20(3)37(32)58-21(4)48)27(16-55-41(43)50)47-26(15-44)25-12-23-11-19(2)36(53-7)35(49)30(23)33(34(40)47)46(25)5/h8,11,13-14,25-27,33-34,40,45,49H,1,9-10,12,16-18H2,2-7H3/t25-,26+,27-,33+,34?,40-,43-/m1/s1. The number of phenolic OH excluding ortho intramolecular Hbond substituents is 1. The number of benzene rings is 3. The Morgan fingerprint density at radius 3 is 2.55 bits per heavy atom. The number of hydrogen-bond acceptors (Lipinski definition) is 17. The van der Waals surface area contributed by atoms with Crippen molar-refractivity contribution in [2.75, 3.05) is 47.0 Å². The van der Waals surface area contributed by atoms with E-state index in [0.717, 1.165) is 23.0 Å². The van der Waals surface area contributed by atoms with Gasteiger partial charge in [0.2, 0.25) is 6.79 Å². The predicted octanol–water partition coefficient (Wildman–Crippen LogP) is 4.94. The van der Waals surface area contributed by atoms with Crippen molar-refractivity contribution in [3.05, 3.63) is 75.5 Å². The molecular formula is C43H44N4O12S. The van der Waals surface area contributed by atoms with Crippen molar-refractivity contribution < 1.29 is 57.4 Å². The van der Waals surface area contributed by atoms with E-state index in [9.17, 15) is 24.8 Å². The molecule has 16 nitrogen and oxygen atoms in total. The van der Waals surface area contributed by atoms with Gasteiger partial charge < -0.3 is 43.0 Å². The van der Waals surface area contributed by atoms with E-state index >= 15 is 0 Å². The molecule has 10 rings (SSSR count). The summed E-state index contributed by atoms with van der Waals surface area (Å²) < 4.78 is 46.6. The maximum absolute atomic E-state index is 15.0. The molecule has 0 aliphatic carbocycles. The molecule has 3 aromatic carbocycles. The molecule has 2 saturated heterocycles. The molecular weight excluding hydrogens is 797 g/mol. The SMILES string of the molecule is C=COC(=O)Oc1cc2c(cc1OC)[C@@]1(CS[C@@H]3c4c(OC(C)=O)c(C)c5c(c4[C@@H](COC1=O)N1C3[C@@H]3c4c(cc(C)c(OC)c4O)C[C@H]([C@@H]1C#N)N3C)OCO5)NCC2. The average Bonchev–Trinajstić information content (AvgIpc) is 3.71. The van der Waals surface area contributed by atoms with Gasteiger partial charge >= 0.3 is 18.1 Å². The summed E-state index contributed by atoms with van der Waals surface area (Å²) in [5.74, 6) is 0.796. The molecule has 314 valence electrons. The summed E-state index contributed by atoms with van der Waals surface area (Å²) in [6.45, 7) is 8.51. The van der Waals surface area contributed by atoms with Gasteiger partial charge in [-0.3, -0.25) is 19.9 Å². The number of nitrogens with one attached hydrogen (secondary N) is 1. The van der Waals surface area contributed by atoms with Crippen LogP contribution in [-0.2, 0) is 37.4 Å². The normalized spacial score (nSPS) is 27.2. The maximum Gasteiger partial charge on any atom is 0.518 e. The fourth-order valence-corrected chi connectivity index (χ4v) is 12.1. The average molecular weight is 841 g/mol. The van der Waals surface area contributed by atoms with E-state index < -0.39 is 53.1 Å². The van der Waals surface area contributed by atoms with Crippen LogP contribution in [0, 0.1) is 25.2 Å². The first-order valence-electron chi connectivity index (χ1n) is 19.6. The molecule has 4 bridgehead atoms. The smallest absolute Gasteiger partial charge is 0.504 e. The number of hydrogen-bond donors (Lipinski definition) is 2. The minimum atomic E-state index is -1.45. The Bertz CT molecular complexity index is 2420. The van der Waals surface area contributed by atoms with Gasteiger partial charge in [-0.2, -0.15) is 5.26 Å². The molecule has 1 spiro atoms. The minimum absolute atomic E-state index is 0.0197. The molecule has 0 saturated carbocycles. The number of fused-ring (bicyclic) bond motifs is 9. The molecule has 1 unspecified atom stereocenters. The van der Waals surface area contributed by atoms with Gasteiger partial charge in [-0.25, -0.2) is 9.59 Å². The van der Waals surface area contributed by atoms with Crippen LogP contribution in [0.3, 0.4) is 0 Å². The summed E-state index contributed by atoms with van der Waals surface area (Å²) in [4.78, 5) is 44.6. The quantitative estimate of drug-likeness (QED) is 0.152. The third kappa shape index (κ3) is 5.71. The van der Waals surface area contributed by atoms with Crippen molar-refractivity contribution in [1.82, 2.24) is 15.1 Å². The number of thioether (sulfide) groups is 1. The molecule has 0 aromatic heterocycles. The highest BCUT2D eigenvalue weighted by atomic mass is 32.2. The molecule has 2 fully saturated rings. The lowest BCUT2D eigenvalue weighted by Crippen LogP contribution is -2.69. The van der Waals surface area contributed by atoms with E-state index in [1.165, 1.54) is 32.9 Å². The lowest BCUT2D eigenvalue weighted by atomic mass is 9.71. The fraction of sp³-hybridized carbons (Fsp3) is 0.442. The first kappa shape index (κ1) is 39.8. The van der Waals surface area contributed by atoms with Crippen LogP contribution in [-0.4, -0.2) is 98.1 Å². The highest BCUT2D eigenvalue weighted by Crippen LogP contribution is 2.64. The van der Waals surface area contributed by atoms with Crippen LogP contribution < -0.4 is 33.7 Å². The molecule has 7 aliphatic heterocycles. The second-order valence-electron chi connectivity index (χ2n) is 15.7. The fourth-order valence-electron chi connectivity index (χ4n) is 10.4. The number of rotatable bonds is 5. The molecule has 2 N–H and O–H groups in total. The Morgan fingerprint density at radius 2 is 1.83 bits per heavy atom. The third-order valence-electron chi connectivity index (χ3n) is 12.8. The van der Waals surface area contributed by atoms with E-state index in [1.54, 1.807) is 12.1 Å². The lowest BCUT2D eigenvalue weighted by Gasteiger charge is -2.62. The van der Waals surface area contributed by atoms with E-state index in [0.29, 0.717) is 70.2 Å². The minimum Gasteiger partial charge on any atom is -0.504 e. The molecule has 7 heterocycles. The van der Waals surface area contributed by atoms with E-state index in [4.69, 9.17) is 37.9 Å². The van der Waals surface area contributed by atoms with Crippen molar-refractivity contribution in [2.45, 2.75) is 74.6 Å². The van der Waals surface area contributed by atoms with Crippen molar-refractivity contribution in [3.8, 4) is 46.3 Å². The first-order valence-corrected chi connectivity index (χ1v) is 20.6. The summed E-state index contributed by atoms with van der Waals surface area (Å²) in [5.41, 5.74) is 4.03. The van der Waals surface area contributed by atoms with Gasteiger partial charge in [0.15, 0.2) is 40.0 Å². The van der Waals surface area contributed by atoms with Gasteiger partial charge in [0.25, 0.3) is 0 Å². The molecule has 0 amide bonds. The van der Waals surface area contributed by atoms with Gasteiger partial charge in [0.05, 0.1) is 43.9 Å². The van der Waals surface area contributed by atoms with Crippen LogP contribution in [0.15, 0.2) is 31.0 Å². The number of carbonyl (C=O) groups is 3. The second kappa shape index (κ2) is 14.8. The van der Waals surface area contributed by atoms with Crippen LogP contribution >= 0.6 is 11.8 Å². The zero-order chi connectivity index (χ0) is 42.4. The zero-order valence-electron chi connectivity index (χ0n) is 33.9. The number of methoxy groups -OCH3 is 2. The Hall–Kier alpha value is -5.67. The summed E-state index contributed by atoms with van der Waals surface area (Å²) in [6.07, 6.45) is 0.901. The van der Waals surface area contributed by atoms with Crippen LogP contribution in [0.25, 0.3) is 0 Å². The monoisotopic (exact) mass is 840 g/mol. The summed E-state index contributed by atoms with van der Waals surface area (Å²) >= 11 is 1.44. The molecule has 17 heteroatoms. The zero-order valence-corrected chi connectivity index (χ0v) is 34.7. The molecule has 60 heavy (non-hydrogen) atoms. The highest BCUT2D eigenvalue weighted by Gasteiger charge is 2.62. The van der Waals surface area contributed by atoms with Crippen LogP contribution in [0.1, 0.15) is 68.8 Å². The Balaban J connectivity index is 1.29. The number of nitrogens with zero attached hydrogens (tertiary/aromatic N) is 3. The van der Waals surface area contributed by atoms with Crippen LogP contribution in [0.2, 0.25) is 0 Å². The second-order valence-corrected chi connectivity index (χ2v) is 16.8. The topological polar surface area (TPSA) is 188 Å². The van der Waals surface area contributed by atoms with E-state index in [1.807, 2.05) is 27.0 Å². The number of likely N-dealkylation sites (N-methyl/N-ethyl adjacent to an activating group) is 1. The summed E-state index contributed by atoms with van der Waals surface area (Å²) in [5, 5.41) is 26.2. The number of nitriles is 1. The predicted molar refractivity (Wildman–Crippen MR) is 214 cm³/mol. The van der Waals surface area contributed by atoms with Crippen LogP contribution in [0.5, 0.6) is 40.2 Å². The molecule has 7 aliphatic rings. The molecule has 3 aromatic rings. The summed E-state index contributed by atoms with van der Waals surface area (Å²) in [7, 11) is 4.92.